The van der Waals surface area contributed by atoms with E-state index in [9.17, 15) is 9.90 Å². The van der Waals surface area contributed by atoms with E-state index in [-0.39, 0.29) is 6.61 Å². The Hall–Kier alpha value is -2.33. The van der Waals surface area contributed by atoms with E-state index in [1.807, 2.05) is 30.3 Å². The van der Waals surface area contributed by atoms with Crippen molar-refractivity contribution in [3.63, 3.8) is 0 Å². The second-order valence-corrected chi connectivity index (χ2v) is 4.10. The number of aliphatic hydroxyl groups is 1. The van der Waals surface area contributed by atoms with E-state index in [2.05, 4.69) is 0 Å². The molecule has 0 bridgehead atoms. The van der Waals surface area contributed by atoms with Crippen molar-refractivity contribution >= 4 is 5.91 Å². The molecule has 0 saturated carbocycles. The number of carbonyl (C=O) groups excluding carboxylic acids is 1. The molecule has 0 fully saturated rings. The number of rotatable bonds is 5. The number of ether oxygens (including phenoxy) is 1. The first-order valence-electron chi connectivity index (χ1n) is 5.93. The molecule has 0 aliphatic heterocycles. The topological polar surface area (TPSA) is 72.6 Å². The van der Waals surface area contributed by atoms with Crippen LogP contribution >= 0.6 is 0 Å². The van der Waals surface area contributed by atoms with E-state index in [1.54, 1.807) is 24.3 Å². The lowest BCUT2D eigenvalue weighted by Gasteiger charge is -2.14. The minimum atomic E-state index is -0.748. The second-order valence-electron chi connectivity index (χ2n) is 4.10. The maximum absolute atomic E-state index is 11.2. The molecule has 19 heavy (non-hydrogen) atoms. The first-order chi connectivity index (χ1) is 9.18. The smallest absolute Gasteiger partial charge is 0.252 e. The molecule has 2 aromatic rings. The van der Waals surface area contributed by atoms with Crippen molar-refractivity contribution in [1.82, 2.24) is 0 Å². The predicted molar refractivity (Wildman–Crippen MR) is 71.9 cm³/mol. The molecule has 4 nitrogen and oxygen atoms in total. The van der Waals surface area contributed by atoms with E-state index >= 15 is 0 Å². The summed E-state index contributed by atoms with van der Waals surface area (Å²) in [5.74, 6) is -0.171. The fourth-order valence-corrected chi connectivity index (χ4v) is 1.74. The number of primary amides is 1. The normalized spacial score (nSPS) is 11.8. The fraction of sp³-hybridized carbons (Fsp3) is 0.133. The average Bonchev–Trinajstić information content (AvgIpc) is 2.46. The zero-order chi connectivity index (χ0) is 13.7. The summed E-state index contributed by atoms with van der Waals surface area (Å²) in [5, 5.41) is 9.97. The lowest BCUT2D eigenvalue weighted by molar-refractivity contribution is 0.0967. The van der Waals surface area contributed by atoms with E-state index in [0.29, 0.717) is 11.3 Å². The summed E-state index contributed by atoms with van der Waals surface area (Å²) >= 11 is 0. The zero-order valence-corrected chi connectivity index (χ0v) is 10.3. The number of amides is 1. The monoisotopic (exact) mass is 257 g/mol. The minimum absolute atomic E-state index is 0.0638. The molecule has 0 spiro atoms. The molecule has 0 saturated heterocycles. The molecule has 0 radical (unpaired) electrons. The van der Waals surface area contributed by atoms with Gasteiger partial charge in [0.1, 0.15) is 18.5 Å². The van der Waals surface area contributed by atoms with Gasteiger partial charge in [-0.15, -0.1) is 0 Å². The fourth-order valence-electron chi connectivity index (χ4n) is 1.74. The lowest BCUT2D eigenvalue weighted by Crippen LogP contribution is -2.15. The first-order valence-corrected chi connectivity index (χ1v) is 5.93. The van der Waals surface area contributed by atoms with Crippen LogP contribution in [-0.4, -0.2) is 17.6 Å². The van der Waals surface area contributed by atoms with Crippen LogP contribution in [0.4, 0.5) is 0 Å². The third-order valence-corrected chi connectivity index (χ3v) is 2.73. The number of benzene rings is 2. The van der Waals surface area contributed by atoms with Gasteiger partial charge >= 0.3 is 0 Å². The quantitative estimate of drug-likeness (QED) is 0.859. The van der Waals surface area contributed by atoms with Crippen LogP contribution in [0.1, 0.15) is 22.0 Å². The summed E-state index contributed by atoms with van der Waals surface area (Å²) in [6, 6.07) is 15.9. The maximum atomic E-state index is 11.2. The Kier molecular flexibility index (Phi) is 4.15. The maximum Gasteiger partial charge on any atom is 0.252 e. The van der Waals surface area contributed by atoms with Gasteiger partial charge in [0, 0.05) is 0 Å². The number of aliphatic hydroxyl groups excluding tert-OH is 1. The number of nitrogens with two attached hydrogens (primary N) is 1. The minimum Gasteiger partial charge on any atom is -0.490 e. The van der Waals surface area contributed by atoms with Crippen LogP contribution in [0.2, 0.25) is 0 Å². The van der Waals surface area contributed by atoms with Gasteiger partial charge < -0.3 is 15.6 Å². The Morgan fingerprint density at radius 3 is 2.42 bits per heavy atom. The summed E-state index contributed by atoms with van der Waals surface area (Å²) in [6.07, 6.45) is -0.748. The van der Waals surface area contributed by atoms with Gasteiger partial charge in [0.15, 0.2) is 0 Å². The van der Waals surface area contributed by atoms with E-state index in [4.69, 9.17) is 10.5 Å². The van der Waals surface area contributed by atoms with Gasteiger partial charge in [-0.2, -0.15) is 0 Å². The Morgan fingerprint density at radius 2 is 1.74 bits per heavy atom. The molecule has 0 aliphatic rings. The number of hydrogen-bond donors (Lipinski definition) is 2. The molecule has 1 amide bonds. The van der Waals surface area contributed by atoms with Crippen molar-refractivity contribution in [1.29, 1.82) is 0 Å². The highest BCUT2D eigenvalue weighted by molar-refractivity contribution is 5.95. The van der Waals surface area contributed by atoms with Crippen molar-refractivity contribution in [3.8, 4) is 5.75 Å². The second kappa shape index (κ2) is 6.02. The van der Waals surface area contributed by atoms with Gasteiger partial charge in [0.05, 0.1) is 5.56 Å². The zero-order valence-electron chi connectivity index (χ0n) is 10.3. The van der Waals surface area contributed by atoms with Gasteiger partial charge in [0.2, 0.25) is 0 Å². The molecular formula is C15H15NO3. The van der Waals surface area contributed by atoms with Crippen molar-refractivity contribution in [2.24, 2.45) is 5.73 Å². The molecular weight excluding hydrogens is 242 g/mol. The van der Waals surface area contributed by atoms with Crippen LogP contribution in [0.15, 0.2) is 54.6 Å². The Bertz CT molecular complexity index is 554. The van der Waals surface area contributed by atoms with Crippen LogP contribution in [0.5, 0.6) is 5.75 Å². The van der Waals surface area contributed by atoms with Gasteiger partial charge in [-0.1, -0.05) is 42.5 Å². The molecule has 0 aromatic heterocycles. The number of para-hydroxylation sites is 1. The van der Waals surface area contributed by atoms with E-state index < -0.39 is 12.0 Å². The molecule has 0 aliphatic carbocycles. The molecule has 1 atom stereocenters. The van der Waals surface area contributed by atoms with Gasteiger partial charge in [-0.3, -0.25) is 4.79 Å². The van der Waals surface area contributed by atoms with Crippen molar-refractivity contribution < 1.29 is 14.6 Å². The summed E-state index contributed by atoms with van der Waals surface area (Å²) in [6.45, 7) is 0.0638. The van der Waals surface area contributed by atoms with Crippen molar-refractivity contribution in [2.75, 3.05) is 6.61 Å². The molecule has 0 heterocycles. The molecule has 1 unspecified atom stereocenters. The largest absolute Gasteiger partial charge is 0.490 e. The summed E-state index contributed by atoms with van der Waals surface area (Å²) < 4.78 is 5.46. The standard InChI is InChI=1S/C15H15NO3/c16-15(18)12-8-4-5-9-14(12)19-10-13(17)11-6-2-1-3-7-11/h1-9,13,17H,10H2,(H2,16,18). The Morgan fingerprint density at radius 1 is 1.11 bits per heavy atom. The number of hydrogen-bond acceptors (Lipinski definition) is 3. The Balaban J connectivity index is 2.05. The van der Waals surface area contributed by atoms with Crippen LogP contribution in [-0.2, 0) is 0 Å². The van der Waals surface area contributed by atoms with Crippen LogP contribution in [0, 0.1) is 0 Å². The van der Waals surface area contributed by atoms with Gasteiger partial charge in [-0.25, -0.2) is 0 Å². The van der Waals surface area contributed by atoms with Crippen LogP contribution < -0.4 is 10.5 Å². The molecule has 4 heteroatoms. The van der Waals surface area contributed by atoms with Crippen molar-refractivity contribution in [3.05, 3.63) is 65.7 Å². The molecule has 2 aromatic carbocycles. The molecule has 2 rings (SSSR count). The van der Waals surface area contributed by atoms with Crippen LogP contribution in [0.25, 0.3) is 0 Å². The highest BCUT2D eigenvalue weighted by Gasteiger charge is 2.11. The van der Waals surface area contributed by atoms with E-state index in [0.717, 1.165) is 5.56 Å². The number of carbonyl (C=O) groups is 1. The van der Waals surface area contributed by atoms with Crippen molar-refractivity contribution in [2.45, 2.75) is 6.10 Å². The van der Waals surface area contributed by atoms with Gasteiger partial charge in [0.25, 0.3) is 5.91 Å². The van der Waals surface area contributed by atoms with Crippen LogP contribution in [0.3, 0.4) is 0 Å². The van der Waals surface area contributed by atoms with E-state index in [1.165, 1.54) is 0 Å². The molecule has 3 N–H and O–H groups in total. The average molecular weight is 257 g/mol. The first kappa shape index (κ1) is 13.1. The SMILES string of the molecule is NC(=O)c1ccccc1OCC(O)c1ccccc1. The highest BCUT2D eigenvalue weighted by Crippen LogP contribution is 2.20. The Labute approximate surface area is 111 Å². The highest BCUT2D eigenvalue weighted by atomic mass is 16.5. The molecule has 98 valence electrons. The predicted octanol–water partition coefficient (Wildman–Crippen LogP) is 1.90. The third-order valence-electron chi connectivity index (χ3n) is 2.73. The lowest BCUT2D eigenvalue weighted by atomic mass is 10.1. The van der Waals surface area contributed by atoms with Gasteiger partial charge in [-0.05, 0) is 17.7 Å². The summed E-state index contributed by atoms with van der Waals surface area (Å²) in [4.78, 5) is 11.2. The summed E-state index contributed by atoms with van der Waals surface area (Å²) in [5.41, 5.74) is 6.32. The third kappa shape index (κ3) is 3.33. The summed E-state index contributed by atoms with van der Waals surface area (Å²) in [7, 11) is 0.